The smallest absolute Gasteiger partial charge is 0.244 e. The molecule has 0 spiro atoms. The Labute approximate surface area is 139 Å². The van der Waals surface area contributed by atoms with E-state index in [4.69, 9.17) is 4.74 Å². The molecule has 9 heteroatoms. The summed E-state index contributed by atoms with van der Waals surface area (Å²) in [7, 11) is -3.79. The SMILES string of the molecule is C[C@@H](NS(=O)(=O)c1cnn(C2CCOCC2)c1)c1ccncc1F. The molecule has 2 aromatic rings. The van der Waals surface area contributed by atoms with Crippen LogP contribution in [0.15, 0.2) is 35.7 Å². The fourth-order valence-corrected chi connectivity index (χ4v) is 3.87. The minimum absolute atomic E-state index is 0.0651. The highest BCUT2D eigenvalue weighted by Gasteiger charge is 2.24. The summed E-state index contributed by atoms with van der Waals surface area (Å²) < 4.78 is 48.2. The van der Waals surface area contributed by atoms with Crippen LogP contribution in [0.1, 0.15) is 37.4 Å². The highest BCUT2D eigenvalue weighted by Crippen LogP contribution is 2.23. The van der Waals surface area contributed by atoms with Gasteiger partial charge in [-0.25, -0.2) is 17.5 Å². The highest BCUT2D eigenvalue weighted by molar-refractivity contribution is 7.89. The third-order valence-electron chi connectivity index (χ3n) is 4.06. The number of hydrogen-bond acceptors (Lipinski definition) is 5. The summed E-state index contributed by atoms with van der Waals surface area (Å²) >= 11 is 0. The Balaban J connectivity index is 1.76. The quantitative estimate of drug-likeness (QED) is 0.885. The number of aromatic nitrogens is 3. The predicted octanol–water partition coefficient (Wildman–Crippen LogP) is 1.81. The molecular weight excluding hydrogens is 335 g/mol. The molecule has 1 N–H and O–H groups in total. The van der Waals surface area contributed by atoms with Gasteiger partial charge in [0.2, 0.25) is 10.0 Å². The van der Waals surface area contributed by atoms with E-state index in [1.807, 2.05) is 0 Å². The zero-order chi connectivity index (χ0) is 17.2. The maximum absolute atomic E-state index is 13.7. The number of nitrogens with zero attached hydrogens (tertiary/aromatic N) is 3. The van der Waals surface area contributed by atoms with Gasteiger partial charge < -0.3 is 4.74 Å². The van der Waals surface area contributed by atoms with Crippen LogP contribution in [0, 0.1) is 5.82 Å². The standard InChI is InChI=1S/C15H19FN4O3S/c1-11(14-2-5-17-9-15(14)16)19-24(21,22)13-8-18-20(10-13)12-3-6-23-7-4-12/h2,5,8-12,19H,3-4,6-7H2,1H3/t11-/m1/s1. The first-order valence-corrected chi connectivity index (χ1v) is 9.19. The van der Waals surface area contributed by atoms with Crippen molar-refractivity contribution in [3.05, 3.63) is 42.2 Å². The number of ether oxygens (including phenoxy) is 1. The van der Waals surface area contributed by atoms with E-state index in [9.17, 15) is 12.8 Å². The van der Waals surface area contributed by atoms with Crippen LogP contribution in [0.5, 0.6) is 0 Å². The summed E-state index contributed by atoms with van der Waals surface area (Å²) in [5.41, 5.74) is 0.241. The van der Waals surface area contributed by atoms with Crippen molar-refractivity contribution in [3.63, 3.8) is 0 Å². The van der Waals surface area contributed by atoms with Crippen LogP contribution < -0.4 is 4.72 Å². The predicted molar refractivity (Wildman–Crippen MR) is 84.2 cm³/mol. The first-order valence-electron chi connectivity index (χ1n) is 7.71. The summed E-state index contributed by atoms with van der Waals surface area (Å²) in [6, 6.07) is 0.871. The lowest BCUT2D eigenvalue weighted by atomic mass is 10.1. The number of pyridine rings is 1. The molecule has 7 nitrogen and oxygen atoms in total. The second-order valence-corrected chi connectivity index (χ2v) is 7.45. The second kappa shape index (κ2) is 6.96. The zero-order valence-electron chi connectivity index (χ0n) is 13.2. The molecular formula is C15H19FN4O3S. The highest BCUT2D eigenvalue weighted by atomic mass is 32.2. The third-order valence-corrected chi connectivity index (χ3v) is 5.55. The summed E-state index contributed by atoms with van der Waals surface area (Å²) in [6.45, 7) is 2.87. The van der Waals surface area contributed by atoms with E-state index in [0.29, 0.717) is 13.2 Å². The number of sulfonamides is 1. The normalized spacial score (nSPS) is 17.8. The number of halogens is 1. The Morgan fingerprint density at radius 1 is 1.38 bits per heavy atom. The van der Waals surface area contributed by atoms with E-state index in [-0.39, 0.29) is 16.5 Å². The van der Waals surface area contributed by atoms with Crippen LogP contribution in [-0.4, -0.2) is 36.4 Å². The van der Waals surface area contributed by atoms with Gasteiger partial charge in [0, 0.05) is 37.2 Å². The zero-order valence-corrected chi connectivity index (χ0v) is 14.0. The van der Waals surface area contributed by atoms with Crippen LogP contribution in [0.25, 0.3) is 0 Å². The number of hydrogen-bond donors (Lipinski definition) is 1. The fraction of sp³-hybridized carbons (Fsp3) is 0.467. The van der Waals surface area contributed by atoms with Crippen LogP contribution in [0.4, 0.5) is 4.39 Å². The largest absolute Gasteiger partial charge is 0.381 e. The minimum Gasteiger partial charge on any atom is -0.381 e. The molecule has 0 bridgehead atoms. The van der Waals surface area contributed by atoms with Crippen molar-refractivity contribution in [1.82, 2.24) is 19.5 Å². The maximum Gasteiger partial charge on any atom is 0.244 e. The molecule has 0 aliphatic carbocycles. The molecule has 24 heavy (non-hydrogen) atoms. The Morgan fingerprint density at radius 2 is 2.12 bits per heavy atom. The van der Waals surface area contributed by atoms with Gasteiger partial charge in [-0.2, -0.15) is 5.10 Å². The third kappa shape index (κ3) is 3.63. The van der Waals surface area contributed by atoms with Gasteiger partial charge in [-0.3, -0.25) is 9.67 Å². The van der Waals surface area contributed by atoms with Gasteiger partial charge in [0.15, 0.2) is 0 Å². The Kier molecular flexibility index (Phi) is 4.93. The van der Waals surface area contributed by atoms with Gasteiger partial charge >= 0.3 is 0 Å². The van der Waals surface area contributed by atoms with Gasteiger partial charge in [-0.05, 0) is 25.8 Å². The minimum atomic E-state index is -3.79. The molecule has 0 saturated carbocycles. The topological polar surface area (TPSA) is 86.1 Å². The molecule has 0 aromatic carbocycles. The summed E-state index contributed by atoms with van der Waals surface area (Å²) in [4.78, 5) is 3.73. The molecule has 3 rings (SSSR count). The van der Waals surface area contributed by atoms with Crippen molar-refractivity contribution in [3.8, 4) is 0 Å². The Hall–Kier alpha value is -1.84. The lowest BCUT2D eigenvalue weighted by Crippen LogP contribution is -2.27. The Morgan fingerprint density at radius 3 is 2.83 bits per heavy atom. The van der Waals surface area contributed by atoms with E-state index >= 15 is 0 Å². The first-order chi connectivity index (χ1) is 11.5. The lowest BCUT2D eigenvalue weighted by molar-refractivity contribution is 0.0662. The van der Waals surface area contributed by atoms with Crippen LogP contribution in [-0.2, 0) is 14.8 Å². The number of nitrogens with one attached hydrogen (secondary N) is 1. The molecule has 1 saturated heterocycles. The number of rotatable bonds is 5. The maximum atomic E-state index is 13.7. The van der Waals surface area contributed by atoms with E-state index in [1.54, 1.807) is 11.6 Å². The molecule has 0 amide bonds. The summed E-state index contributed by atoms with van der Waals surface area (Å²) in [5, 5.41) is 4.16. The Bertz CT molecular complexity index is 803. The van der Waals surface area contributed by atoms with Crippen molar-refractivity contribution in [1.29, 1.82) is 0 Å². The van der Waals surface area contributed by atoms with Crippen molar-refractivity contribution < 1.29 is 17.5 Å². The van der Waals surface area contributed by atoms with Crippen molar-refractivity contribution in [2.75, 3.05) is 13.2 Å². The van der Waals surface area contributed by atoms with Crippen molar-refractivity contribution in [2.24, 2.45) is 0 Å². The van der Waals surface area contributed by atoms with Crippen molar-refractivity contribution >= 4 is 10.0 Å². The molecule has 1 atom stereocenters. The van der Waals surface area contributed by atoms with Gasteiger partial charge in [0.05, 0.1) is 18.4 Å². The second-order valence-electron chi connectivity index (χ2n) is 5.74. The first kappa shape index (κ1) is 17.0. The monoisotopic (exact) mass is 354 g/mol. The summed E-state index contributed by atoms with van der Waals surface area (Å²) in [6.07, 6.45) is 6.90. The van der Waals surface area contributed by atoms with Crippen LogP contribution >= 0.6 is 0 Å². The lowest BCUT2D eigenvalue weighted by Gasteiger charge is -2.22. The van der Waals surface area contributed by atoms with Gasteiger partial charge in [0.25, 0.3) is 0 Å². The molecule has 2 aromatic heterocycles. The van der Waals surface area contributed by atoms with Crippen molar-refractivity contribution in [2.45, 2.75) is 36.7 Å². The van der Waals surface area contributed by atoms with Gasteiger partial charge in [-0.15, -0.1) is 0 Å². The van der Waals surface area contributed by atoms with E-state index in [0.717, 1.165) is 19.0 Å². The molecule has 0 radical (unpaired) electrons. The van der Waals surface area contributed by atoms with Gasteiger partial charge in [-0.1, -0.05) is 0 Å². The molecule has 1 aliphatic heterocycles. The van der Waals surface area contributed by atoms with E-state index in [1.165, 1.54) is 24.7 Å². The molecule has 0 unspecified atom stereocenters. The molecule has 1 fully saturated rings. The fourth-order valence-electron chi connectivity index (χ4n) is 2.71. The average molecular weight is 354 g/mol. The van der Waals surface area contributed by atoms with E-state index in [2.05, 4.69) is 14.8 Å². The average Bonchev–Trinajstić information content (AvgIpc) is 3.06. The summed E-state index contributed by atoms with van der Waals surface area (Å²) in [5.74, 6) is -0.550. The van der Waals surface area contributed by atoms with Crippen LogP contribution in [0.3, 0.4) is 0 Å². The van der Waals surface area contributed by atoms with E-state index < -0.39 is 21.9 Å². The molecule has 1 aliphatic rings. The molecule has 130 valence electrons. The molecule has 3 heterocycles. The van der Waals surface area contributed by atoms with Gasteiger partial charge in [0.1, 0.15) is 10.7 Å². The van der Waals surface area contributed by atoms with Crippen LogP contribution in [0.2, 0.25) is 0 Å².